The van der Waals surface area contributed by atoms with Crippen molar-refractivity contribution in [2.24, 2.45) is 23.7 Å². The van der Waals surface area contributed by atoms with Crippen LogP contribution in [0.25, 0.3) is 16.9 Å². The summed E-state index contributed by atoms with van der Waals surface area (Å²) in [5.41, 5.74) is 14.7. The zero-order valence-electron chi connectivity index (χ0n) is 23.8. The maximum atomic E-state index is 7.79. The normalized spacial score (nSPS) is 26.6. The van der Waals surface area contributed by atoms with Gasteiger partial charge in [0.15, 0.2) is 0 Å². The fourth-order valence-corrected chi connectivity index (χ4v) is 6.21. The summed E-state index contributed by atoms with van der Waals surface area (Å²) < 4.78 is 0. The van der Waals surface area contributed by atoms with E-state index in [9.17, 15) is 0 Å². The van der Waals surface area contributed by atoms with Gasteiger partial charge in [0.05, 0.1) is 0 Å². The summed E-state index contributed by atoms with van der Waals surface area (Å²) in [5, 5.41) is 1.35. The van der Waals surface area contributed by atoms with Crippen LogP contribution in [-0.4, -0.2) is 15.8 Å². The van der Waals surface area contributed by atoms with E-state index in [1.807, 2.05) is 40.6 Å². The second-order valence-electron chi connectivity index (χ2n) is 10.9. The molecule has 38 heavy (non-hydrogen) atoms. The van der Waals surface area contributed by atoms with Gasteiger partial charge in [-0.1, -0.05) is 142 Å². The predicted molar refractivity (Wildman–Crippen MR) is 164 cm³/mol. The third kappa shape index (κ3) is 8.35. The SMILES string of the molecule is CC1=[C-]C(C)C(C)=C1C.[CH3-].[NH-]C12CC3C(C1)C3C2.[SiH2]c1ccccc1.[Zr+3].c1ccc(-c2ccccc2)cc1. The Morgan fingerprint density at radius 2 is 1.08 bits per heavy atom. The summed E-state index contributed by atoms with van der Waals surface area (Å²) in [4.78, 5) is 0. The van der Waals surface area contributed by atoms with Gasteiger partial charge in [-0.2, -0.15) is 11.1 Å². The molecule has 3 aromatic rings. The summed E-state index contributed by atoms with van der Waals surface area (Å²) in [5.74, 6) is 3.66. The standard InChI is InChI=1S/C12H10.C9H13.C7H10N.C6H7Si.CH3.Zr/c1-3-7-11(8-4-1)12-9-5-2-6-10-12;1-6-5-7(2)9(4)8(6)3;8-7-1-4-5(2-7)6(4)3-7;7-6-4-2-1-3-5-6;;/h1-10H;6H,1-4H3;4-6,8H,1-3H2;1-5H,7H2;1H3;/q;2*-1;;-1;+3. The van der Waals surface area contributed by atoms with Gasteiger partial charge in [-0.3, -0.25) is 6.08 Å². The van der Waals surface area contributed by atoms with Crippen molar-refractivity contribution in [1.29, 1.82) is 0 Å². The van der Waals surface area contributed by atoms with Gasteiger partial charge < -0.3 is 13.2 Å². The minimum Gasteiger partial charge on any atom is -0.672 e. The van der Waals surface area contributed by atoms with Crippen LogP contribution >= 0.6 is 0 Å². The van der Waals surface area contributed by atoms with Crippen LogP contribution in [0.1, 0.15) is 47.0 Å². The molecule has 4 bridgehead atoms. The fourth-order valence-electron chi connectivity index (χ4n) is 5.94. The molecule has 1 unspecified atom stereocenters. The quantitative estimate of drug-likeness (QED) is 0.199. The first-order valence-electron chi connectivity index (χ1n) is 13.3. The van der Waals surface area contributed by atoms with Crippen LogP contribution in [0.4, 0.5) is 0 Å². The van der Waals surface area contributed by atoms with Crippen molar-refractivity contribution in [3.05, 3.63) is 127 Å². The van der Waals surface area contributed by atoms with Gasteiger partial charge in [0.25, 0.3) is 0 Å². The topological polar surface area (TPSA) is 23.8 Å². The van der Waals surface area contributed by atoms with Gasteiger partial charge in [-0.25, -0.2) is 5.57 Å². The van der Waals surface area contributed by atoms with Crippen LogP contribution in [0.15, 0.2) is 108 Å². The largest absolute Gasteiger partial charge is 3.00 e. The molecular formula is C35H43NSiZr. The van der Waals surface area contributed by atoms with Crippen LogP contribution in [-0.2, 0) is 26.2 Å². The summed E-state index contributed by atoms with van der Waals surface area (Å²) in [6.45, 7) is 8.67. The molecule has 0 aliphatic heterocycles. The van der Waals surface area contributed by atoms with Crippen LogP contribution in [0.2, 0.25) is 0 Å². The van der Waals surface area contributed by atoms with Gasteiger partial charge in [-0.15, -0.1) is 12.5 Å². The fraction of sp³-hybridized carbons (Fsp3) is 0.343. The summed E-state index contributed by atoms with van der Waals surface area (Å²) in [7, 11) is 1.90. The molecule has 1 atom stereocenters. The maximum Gasteiger partial charge on any atom is 3.00 e. The molecule has 4 saturated carbocycles. The Hall–Kier alpha value is -1.80. The first-order chi connectivity index (χ1) is 17.3. The zero-order valence-corrected chi connectivity index (χ0v) is 27.7. The first kappa shape index (κ1) is 32.4. The van der Waals surface area contributed by atoms with Crippen molar-refractivity contribution < 1.29 is 26.2 Å². The number of hydrogen-bond acceptors (Lipinski definition) is 0. The molecule has 5 aliphatic carbocycles. The third-order valence-corrected chi connectivity index (χ3v) is 8.82. The number of allylic oxidation sites excluding steroid dienone is 4. The van der Waals surface area contributed by atoms with Crippen LogP contribution in [0, 0.1) is 37.2 Å². The molecule has 0 spiro atoms. The van der Waals surface area contributed by atoms with E-state index in [-0.39, 0.29) is 39.2 Å². The minimum atomic E-state index is 0. The van der Waals surface area contributed by atoms with E-state index in [2.05, 4.69) is 94.4 Å². The van der Waals surface area contributed by atoms with Gasteiger partial charge in [0, 0.05) is 10.2 Å². The Balaban J connectivity index is 0.000000178. The van der Waals surface area contributed by atoms with Gasteiger partial charge in [0.2, 0.25) is 0 Å². The van der Waals surface area contributed by atoms with E-state index in [4.69, 9.17) is 5.73 Å². The molecule has 0 saturated heterocycles. The van der Waals surface area contributed by atoms with Crippen molar-refractivity contribution in [3.8, 4) is 11.1 Å². The van der Waals surface area contributed by atoms with Crippen molar-refractivity contribution >= 4 is 15.4 Å². The second-order valence-corrected chi connectivity index (χ2v) is 11.7. The van der Waals surface area contributed by atoms with Crippen molar-refractivity contribution in [2.45, 2.75) is 52.5 Å². The van der Waals surface area contributed by atoms with E-state index < -0.39 is 0 Å². The predicted octanol–water partition coefficient (Wildman–Crippen LogP) is 8.31. The summed E-state index contributed by atoms with van der Waals surface area (Å²) >= 11 is 0. The molecule has 2 radical (unpaired) electrons. The van der Waals surface area contributed by atoms with Gasteiger partial charge >= 0.3 is 26.2 Å². The van der Waals surface area contributed by atoms with E-state index in [0.717, 1.165) is 17.8 Å². The molecule has 5 aliphatic rings. The molecule has 0 heterocycles. The van der Waals surface area contributed by atoms with E-state index in [1.165, 1.54) is 52.3 Å². The number of rotatable bonds is 1. The molecule has 4 fully saturated rings. The third-order valence-electron chi connectivity index (χ3n) is 8.35. The van der Waals surface area contributed by atoms with Crippen molar-refractivity contribution in [2.75, 3.05) is 0 Å². The Labute approximate surface area is 254 Å². The number of hydrogen-bond donors (Lipinski definition) is 0. The molecule has 8 rings (SSSR count). The number of nitrogens with one attached hydrogen (secondary N) is 1. The first-order valence-corrected chi connectivity index (χ1v) is 14.0. The van der Waals surface area contributed by atoms with E-state index in [0.29, 0.717) is 5.92 Å². The van der Waals surface area contributed by atoms with Crippen LogP contribution < -0.4 is 5.19 Å². The van der Waals surface area contributed by atoms with Crippen LogP contribution in [0.3, 0.4) is 0 Å². The zero-order chi connectivity index (χ0) is 25.7. The maximum absolute atomic E-state index is 7.79. The Bertz CT molecular complexity index is 1120. The Morgan fingerprint density at radius 3 is 1.26 bits per heavy atom. The summed E-state index contributed by atoms with van der Waals surface area (Å²) in [6.07, 6.45) is 7.12. The second kappa shape index (κ2) is 14.5. The average molecular weight is 597 g/mol. The molecular weight excluding hydrogens is 554 g/mol. The average Bonchev–Trinajstić information content (AvgIpc) is 3.27. The van der Waals surface area contributed by atoms with E-state index in [1.54, 1.807) is 0 Å². The van der Waals surface area contributed by atoms with Crippen molar-refractivity contribution in [1.82, 2.24) is 0 Å². The molecule has 0 amide bonds. The Morgan fingerprint density at radius 1 is 0.711 bits per heavy atom. The molecule has 196 valence electrons. The summed E-state index contributed by atoms with van der Waals surface area (Å²) in [6, 6.07) is 31.1. The Kier molecular flexibility index (Phi) is 12.4. The molecule has 3 aromatic carbocycles. The van der Waals surface area contributed by atoms with Gasteiger partial charge in [0.1, 0.15) is 0 Å². The monoisotopic (exact) mass is 595 g/mol. The number of benzene rings is 3. The molecule has 1 nitrogen and oxygen atoms in total. The minimum absolute atomic E-state index is 0. The smallest absolute Gasteiger partial charge is 0.672 e. The van der Waals surface area contributed by atoms with Crippen LogP contribution in [0.5, 0.6) is 0 Å². The van der Waals surface area contributed by atoms with E-state index >= 15 is 0 Å². The molecule has 1 N–H and O–H groups in total. The molecule has 0 aromatic heterocycles. The molecule has 3 heteroatoms. The van der Waals surface area contributed by atoms with Gasteiger partial charge in [-0.05, 0) is 28.9 Å². The van der Waals surface area contributed by atoms with Crippen molar-refractivity contribution in [3.63, 3.8) is 0 Å².